The fourth-order valence-corrected chi connectivity index (χ4v) is 1.69. The average Bonchev–Trinajstić information content (AvgIpc) is 2.40. The third-order valence-electron chi connectivity index (χ3n) is 2.54. The van der Waals surface area contributed by atoms with Crippen LogP contribution in [0.1, 0.15) is 23.0 Å². The van der Waals surface area contributed by atoms with Crippen LogP contribution in [0.3, 0.4) is 0 Å². The predicted molar refractivity (Wildman–Crippen MR) is 69.9 cm³/mol. The van der Waals surface area contributed by atoms with Gasteiger partial charge in [-0.25, -0.2) is 4.98 Å². The summed E-state index contributed by atoms with van der Waals surface area (Å²) in [6, 6.07) is 9.31. The van der Waals surface area contributed by atoms with Gasteiger partial charge in [0, 0.05) is 5.56 Å². The Hall–Kier alpha value is -2.29. The molecule has 0 N–H and O–H groups in total. The van der Waals surface area contributed by atoms with Gasteiger partial charge in [-0.2, -0.15) is 4.57 Å². The molecule has 0 spiro atoms. The highest BCUT2D eigenvalue weighted by molar-refractivity contribution is 5.94. The first-order chi connectivity index (χ1) is 8.79. The van der Waals surface area contributed by atoms with Crippen molar-refractivity contribution >= 4 is 11.9 Å². The highest BCUT2D eigenvalue weighted by Gasteiger charge is 2.11. The molecule has 0 atom stereocenters. The molecule has 0 bridgehead atoms. The molecule has 3 nitrogen and oxygen atoms in total. The Morgan fingerprint density at radius 3 is 2.83 bits per heavy atom. The molecular formula is C15H15N2O+. The average molecular weight is 239 g/mol. The van der Waals surface area contributed by atoms with Crippen LogP contribution in [0.4, 0.5) is 0 Å². The van der Waals surface area contributed by atoms with Gasteiger partial charge in [-0.1, -0.05) is 36.4 Å². The number of Topliss-reactive ketones (excluding diaryl/α,β-unsaturated/α-hetero) is 1. The smallest absolute Gasteiger partial charge is 0.227 e. The summed E-state index contributed by atoms with van der Waals surface area (Å²) in [5.41, 5.74) is 1.58. The lowest BCUT2D eigenvalue weighted by Crippen LogP contribution is -2.37. The number of hydrogen-bond acceptors (Lipinski definition) is 2. The monoisotopic (exact) mass is 239 g/mol. The molecule has 90 valence electrons. The van der Waals surface area contributed by atoms with Gasteiger partial charge < -0.3 is 0 Å². The molecule has 1 aromatic carbocycles. The fraction of sp³-hybridized carbons (Fsp3) is 0.133. The first kappa shape index (κ1) is 12.2. The lowest BCUT2D eigenvalue weighted by atomic mass is 10.1. The van der Waals surface area contributed by atoms with Crippen LogP contribution in [0.5, 0.6) is 0 Å². The van der Waals surface area contributed by atoms with Crippen LogP contribution in [-0.2, 0) is 6.54 Å². The Bertz CT molecular complexity index is 562. The van der Waals surface area contributed by atoms with Crippen LogP contribution in [0, 0.1) is 0 Å². The first-order valence-electron chi connectivity index (χ1n) is 5.85. The molecule has 18 heavy (non-hydrogen) atoms. The molecular weight excluding hydrogens is 224 g/mol. The summed E-state index contributed by atoms with van der Waals surface area (Å²) in [5.74, 6) is 0.0956. The van der Waals surface area contributed by atoms with E-state index in [1.54, 1.807) is 12.4 Å². The zero-order valence-electron chi connectivity index (χ0n) is 10.3. The van der Waals surface area contributed by atoms with E-state index < -0.39 is 0 Å². The zero-order chi connectivity index (χ0) is 12.8. The Kier molecular flexibility index (Phi) is 3.97. The van der Waals surface area contributed by atoms with E-state index in [4.69, 9.17) is 0 Å². The summed E-state index contributed by atoms with van der Waals surface area (Å²) in [5, 5.41) is 0. The van der Waals surface area contributed by atoms with Crippen LogP contribution in [0.15, 0.2) is 55.0 Å². The van der Waals surface area contributed by atoms with Gasteiger partial charge in [-0.15, -0.1) is 0 Å². The third-order valence-corrected chi connectivity index (χ3v) is 2.54. The molecule has 0 aliphatic heterocycles. The predicted octanol–water partition coefficient (Wildman–Crippen LogP) is 2.29. The number of allylic oxidation sites excluding steroid dienone is 1. The Balaban J connectivity index is 2.14. The first-order valence-corrected chi connectivity index (χ1v) is 5.85. The summed E-state index contributed by atoms with van der Waals surface area (Å²) in [7, 11) is 0. The molecule has 2 aromatic rings. The second-order valence-corrected chi connectivity index (χ2v) is 3.94. The van der Waals surface area contributed by atoms with Crippen molar-refractivity contribution in [2.24, 2.45) is 0 Å². The van der Waals surface area contributed by atoms with Crippen molar-refractivity contribution in [2.75, 3.05) is 0 Å². The molecule has 0 amide bonds. The topological polar surface area (TPSA) is 33.8 Å². The van der Waals surface area contributed by atoms with Crippen molar-refractivity contribution in [1.82, 2.24) is 4.98 Å². The largest absolute Gasteiger partial charge is 0.287 e. The molecule has 1 heterocycles. The maximum absolute atomic E-state index is 12.0. The van der Waals surface area contributed by atoms with Crippen LogP contribution in [-0.4, -0.2) is 10.8 Å². The van der Waals surface area contributed by atoms with Crippen molar-refractivity contribution in [3.8, 4) is 0 Å². The van der Waals surface area contributed by atoms with E-state index in [0.29, 0.717) is 6.54 Å². The standard InChI is InChI=1S/C15H15N2O/c1-2-6-14-11-17(10-9-16-14)12-15(18)13-7-4-3-5-8-13/h2-11H,12H2,1H3/q+1. The van der Waals surface area contributed by atoms with E-state index in [-0.39, 0.29) is 5.78 Å². The number of aromatic nitrogens is 2. The quantitative estimate of drug-likeness (QED) is 0.606. The van der Waals surface area contributed by atoms with Gasteiger partial charge in [0.1, 0.15) is 5.69 Å². The van der Waals surface area contributed by atoms with Crippen LogP contribution >= 0.6 is 0 Å². The molecule has 1 aromatic heterocycles. The minimum atomic E-state index is 0.0956. The number of hydrogen-bond donors (Lipinski definition) is 0. The molecule has 2 rings (SSSR count). The van der Waals surface area contributed by atoms with Gasteiger partial charge in [-0.3, -0.25) is 4.79 Å². The summed E-state index contributed by atoms with van der Waals surface area (Å²) in [4.78, 5) is 16.2. The van der Waals surface area contributed by atoms with Gasteiger partial charge in [0.2, 0.25) is 12.3 Å². The second kappa shape index (κ2) is 5.87. The number of carbonyl (C=O) groups excluding carboxylic acids is 1. The Morgan fingerprint density at radius 1 is 1.33 bits per heavy atom. The molecule has 3 heteroatoms. The SMILES string of the molecule is CC=Cc1c[n+](CC(=O)c2ccccc2)ccn1. The van der Waals surface area contributed by atoms with Gasteiger partial charge >= 0.3 is 0 Å². The second-order valence-electron chi connectivity index (χ2n) is 3.94. The summed E-state index contributed by atoms with van der Waals surface area (Å²) >= 11 is 0. The fourth-order valence-electron chi connectivity index (χ4n) is 1.69. The van der Waals surface area contributed by atoms with E-state index in [1.807, 2.05) is 60.2 Å². The summed E-state index contributed by atoms with van der Waals surface area (Å²) < 4.78 is 1.84. The number of rotatable bonds is 4. The zero-order valence-corrected chi connectivity index (χ0v) is 10.3. The third kappa shape index (κ3) is 3.10. The number of benzene rings is 1. The van der Waals surface area contributed by atoms with Gasteiger partial charge in [0.25, 0.3) is 0 Å². The van der Waals surface area contributed by atoms with Gasteiger partial charge in [0.05, 0.1) is 6.20 Å². The Morgan fingerprint density at radius 2 is 2.11 bits per heavy atom. The number of ketones is 1. The molecule has 0 aliphatic carbocycles. The van der Waals surface area contributed by atoms with Gasteiger partial charge in [0.15, 0.2) is 12.4 Å². The van der Waals surface area contributed by atoms with E-state index in [9.17, 15) is 4.79 Å². The molecule has 0 fully saturated rings. The maximum atomic E-state index is 12.0. The number of nitrogens with zero attached hydrogens (tertiary/aromatic N) is 2. The minimum absolute atomic E-state index is 0.0956. The summed E-state index contributed by atoms with van der Waals surface area (Å²) in [6.45, 7) is 2.27. The van der Waals surface area contributed by atoms with E-state index in [1.165, 1.54) is 0 Å². The maximum Gasteiger partial charge on any atom is 0.227 e. The van der Waals surface area contributed by atoms with Crippen molar-refractivity contribution in [3.63, 3.8) is 0 Å². The van der Waals surface area contributed by atoms with Crippen molar-refractivity contribution in [3.05, 3.63) is 66.3 Å². The van der Waals surface area contributed by atoms with E-state index in [0.717, 1.165) is 11.3 Å². The Labute approximate surface area is 106 Å². The normalized spacial score (nSPS) is 10.7. The molecule has 0 unspecified atom stereocenters. The van der Waals surface area contributed by atoms with Crippen LogP contribution < -0.4 is 4.57 Å². The molecule has 0 saturated heterocycles. The van der Waals surface area contributed by atoms with Crippen molar-refractivity contribution in [2.45, 2.75) is 13.5 Å². The van der Waals surface area contributed by atoms with Crippen molar-refractivity contribution in [1.29, 1.82) is 0 Å². The van der Waals surface area contributed by atoms with E-state index in [2.05, 4.69) is 4.98 Å². The molecule has 0 saturated carbocycles. The van der Waals surface area contributed by atoms with Crippen molar-refractivity contribution < 1.29 is 9.36 Å². The van der Waals surface area contributed by atoms with E-state index >= 15 is 0 Å². The molecule has 0 aliphatic rings. The highest BCUT2D eigenvalue weighted by atomic mass is 16.1. The molecule has 0 radical (unpaired) electrons. The van der Waals surface area contributed by atoms with Crippen LogP contribution in [0.2, 0.25) is 0 Å². The minimum Gasteiger partial charge on any atom is -0.287 e. The summed E-state index contributed by atoms with van der Waals surface area (Å²) in [6.07, 6.45) is 9.19. The highest BCUT2D eigenvalue weighted by Crippen LogP contribution is 2.00. The van der Waals surface area contributed by atoms with Crippen LogP contribution in [0.25, 0.3) is 6.08 Å². The van der Waals surface area contributed by atoms with Gasteiger partial charge in [-0.05, 0) is 13.0 Å². The number of carbonyl (C=O) groups is 1. The lowest BCUT2D eigenvalue weighted by molar-refractivity contribution is -0.683. The lowest BCUT2D eigenvalue weighted by Gasteiger charge is -1.98.